The zero-order chi connectivity index (χ0) is 8.97. The maximum Gasteiger partial charge on any atom is 0.287 e. The zero-order valence-corrected chi connectivity index (χ0v) is 6.61. The number of rotatable bonds is 2. The van der Waals surface area contributed by atoms with Crippen molar-refractivity contribution < 1.29 is 9.63 Å². The summed E-state index contributed by atoms with van der Waals surface area (Å²) < 4.78 is 3.49. The molecule has 0 aliphatic rings. The van der Waals surface area contributed by atoms with Crippen LogP contribution in [0.15, 0.2) is 10.5 Å². The fourth-order valence-electron chi connectivity index (χ4n) is 0.337. The van der Waals surface area contributed by atoms with Gasteiger partial charge in [-0.25, -0.2) is 0 Å². The number of aromatic nitrogens is 2. The topological polar surface area (TPSA) is 116 Å². The Balaban J connectivity index is 2.55. The second-order valence-electron chi connectivity index (χ2n) is 1.68. The molecule has 1 aromatic rings. The van der Waals surface area contributed by atoms with Crippen molar-refractivity contribution >= 4 is 23.3 Å². The molecule has 0 unspecified atom stereocenters. The molecule has 4 N–H and O–H groups in total. The second kappa shape index (κ2) is 3.62. The summed E-state index contributed by atoms with van der Waals surface area (Å²) in [5.74, 6) is -1.09. The van der Waals surface area contributed by atoms with Crippen LogP contribution in [-0.4, -0.2) is 21.3 Å². The molecule has 0 saturated carbocycles. The molecule has 0 spiro atoms. The highest BCUT2D eigenvalue weighted by Crippen LogP contribution is 2.05. The molecular weight excluding hydrogens is 182 g/mol. The lowest BCUT2D eigenvalue weighted by atomic mass is 10.6. The fourth-order valence-corrected chi connectivity index (χ4v) is 0.692. The summed E-state index contributed by atoms with van der Waals surface area (Å²) in [4.78, 5) is 14.9. The zero-order valence-electron chi connectivity index (χ0n) is 5.80. The lowest BCUT2D eigenvalue weighted by molar-refractivity contribution is -0.112. The minimum absolute atomic E-state index is 0.171. The SMILES string of the molecule is NC(=O)C(N)=NOc1csnn1. The van der Waals surface area contributed by atoms with Crippen molar-refractivity contribution in [3.05, 3.63) is 5.38 Å². The van der Waals surface area contributed by atoms with E-state index < -0.39 is 11.7 Å². The van der Waals surface area contributed by atoms with Gasteiger partial charge in [-0.2, -0.15) is 0 Å². The van der Waals surface area contributed by atoms with E-state index in [0.717, 1.165) is 11.5 Å². The van der Waals surface area contributed by atoms with Gasteiger partial charge < -0.3 is 16.3 Å². The maximum atomic E-state index is 10.3. The van der Waals surface area contributed by atoms with Crippen LogP contribution in [-0.2, 0) is 4.79 Å². The summed E-state index contributed by atoms with van der Waals surface area (Å²) >= 11 is 1.09. The molecule has 0 aliphatic carbocycles. The van der Waals surface area contributed by atoms with Gasteiger partial charge in [0, 0.05) is 0 Å². The van der Waals surface area contributed by atoms with Crippen LogP contribution in [0.5, 0.6) is 5.88 Å². The van der Waals surface area contributed by atoms with E-state index in [1.807, 2.05) is 0 Å². The maximum absolute atomic E-state index is 10.3. The third-order valence-corrected chi connectivity index (χ3v) is 1.31. The standard InChI is InChI=1S/C4H5N5O2S/c5-3(4(6)10)8-11-2-1-12-9-7-2/h1H,(H2,5,8)(H2,6,10). The van der Waals surface area contributed by atoms with Gasteiger partial charge >= 0.3 is 0 Å². The Morgan fingerprint density at radius 2 is 2.42 bits per heavy atom. The predicted molar refractivity (Wildman–Crippen MR) is 41.4 cm³/mol. The number of amidine groups is 1. The molecule has 1 heterocycles. The van der Waals surface area contributed by atoms with Gasteiger partial charge in [0.2, 0.25) is 5.84 Å². The van der Waals surface area contributed by atoms with Crippen LogP contribution in [0.4, 0.5) is 0 Å². The number of nitrogens with zero attached hydrogens (tertiary/aromatic N) is 3. The number of carbonyl (C=O) groups excluding carboxylic acids is 1. The van der Waals surface area contributed by atoms with Crippen LogP contribution in [0.25, 0.3) is 0 Å². The van der Waals surface area contributed by atoms with Crippen LogP contribution in [0.1, 0.15) is 0 Å². The quantitative estimate of drug-likeness (QED) is 0.338. The fraction of sp³-hybridized carbons (Fsp3) is 0. The Kier molecular flexibility index (Phi) is 2.53. The Bertz CT molecular complexity index is 294. The molecule has 1 rings (SSSR count). The van der Waals surface area contributed by atoms with Gasteiger partial charge in [-0.3, -0.25) is 4.79 Å². The predicted octanol–water partition coefficient (Wildman–Crippen LogP) is -1.33. The second-order valence-corrected chi connectivity index (χ2v) is 2.29. The first-order valence-electron chi connectivity index (χ1n) is 2.77. The molecule has 7 nitrogen and oxygen atoms in total. The first-order chi connectivity index (χ1) is 5.70. The van der Waals surface area contributed by atoms with E-state index in [9.17, 15) is 4.79 Å². The molecule has 0 saturated heterocycles. The van der Waals surface area contributed by atoms with E-state index in [1.165, 1.54) is 5.38 Å². The highest BCUT2D eigenvalue weighted by molar-refractivity contribution is 7.03. The molecule has 0 radical (unpaired) electrons. The average molecular weight is 187 g/mol. The van der Waals surface area contributed by atoms with E-state index in [-0.39, 0.29) is 5.88 Å². The van der Waals surface area contributed by atoms with E-state index in [4.69, 9.17) is 11.5 Å². The summed E-state index contributed by atoms with van der Waals surface area (Å²) in [6, 6.07) is 0. The summed E-state index contributed by atoms with van der Waals surface area (Å²) in [6.07, 6.45) is 0. The molecule has 8 heteroatoms. The third kappa shape index (κ3) is 2.16. The molecule has 64 valence electrons. The van der Waals surface area contributed by atoms with Crippen molar-refractivity contribution in [2.45, 2.75) is 0 Å². The van der Waals surface area contributed by atoms with Gasteiger partial charge in [0.05, 0.1) is 5.38 Å². The summed E-state index contributed by atoms with van der Waals surface area (Å²) in [5, 5.41) is 8.17. The van der Waals surface area contributed by atoms with Crippen molar-refractivity contribution in [1.82, 2.24) is 9.59 Å². The smallest absolute Gasteiger partial charge is 0.287 e. The van der Waals surface area contributed by atoms with Crippen molar-refractivity contribution in [3.63, 3.8) is 0 Å². The molecule has 0 bridgehead atoms. The summed E-state index contributed by atoms with van der Waals surface area (Å²) in [6.45, 7) is 0. The average Bonchev–Trinajstić information content (AvgIpc) is 2.51. The molecule has 1 amide bonds. The van der Waals surface area contributed by atoms with Gasteiger partial charge in [0.25, 0.3) is 11.8 Å². The van der Waals surface area contributed by atoms with Gasteiger partial charge in [-0.05, 0) is 11.5 Å². The number of hydrogen-bond donors (Lipinski definition) is 2. The van der Waals surface area contributed by atoms with Crippen molar-refractivity contribution in [2.75, 3.05) is 0 Å². The van der Waals surface area contributed by atoms with Crippen LogP contribution >= 0.6 is 11.5 Å². The van der Waals surface area contributed by atoms with Crippen LogP contribution in [0.2, 0.25) is 0 Å². The molecule has 0 aliphatic heterocycles. The van der Waals surface area contributed by atoms with Gasteiger partial charge in [0.1, 0.15) is 0 Å². The number of nitrogens with two attached hydrogens (primary N) is 2. The van der Waals surface area contributed by atoms with Crippen molar-refractivity contribution in [3.8, 4) is 5.88 Å². The minimum Gasteiger partial charge on any atom is -0.376 e. The molecule has 0 atom stereocenters. The summed E-state index contributed by atoms with van der Waals surface area (Å²) in [7, 11) is 0. The van der Waals surface area contributed by atoms with Crippen LogP contribution in [0, 0.1) is 0 Å². The first kappa shape index (κ1) is 8.40. The number of carbonyl (C=O) groups is 1. The monoisotopic (exact) mass is 187 g/mol. The summed E-state index contributed by atoms with van der Waals surface area (Å²) in [5.41, 5.74) is 9.81. The molecule has 12 heavy (non-hydrogen) atoms. The lowest BCUT2D eigenvalue weighted by Crippen LogP contribution is -2.31. The van der Waals surface area contributed by atoms with Gasteiger partial charge in [0.15, 0.2) is 0 Å². The number of primary amides is 1. The van der Waals surface area contributed by atoms with E-state index in [1.54, 1.807) is 0 Å². The molecule has 0 aromatic carbocycles. The van der Waals surface area contributed by atoms with Crippen LogP contribution < -0.4 is 16.3 Å². The van der Waals surface area contributed by atoms with Gasteiger partial charge in [-0.15, -0.1) is 0 Å². The van der Waals surface area contributed by atoms with Crippen molar-refractivity contribution in [1.29, 1.82) is 0 Å². The normalized spacial score (nSPS) is 11.2. The Labute approximate surface area is 71.2 Å². The molecular formula is C4H5N5O2S. The van der Waals surface area contributed by atoms with E-state index in [0.29, 0.717) is 0 Å². The third-order valence-electron chi connectivity index (χ3n) is 0.830. The molecule has 1 aromatic heterocycles. The number of amides is 1. The Morgan fingerprint density at radius 3 is 2.92 bits per heavy atom. The largest absolute Gasteiger partial charge is 0.376 e. The highest BCUT2D eigenvalue weighted by Gasteiger charge is 2.01. The van der Waals surface area contributed by atoms with E-state index >= 15 is 0 Å². The first-order valence-corrected chi connectivity index (χ1v) is 3.61. The number of oxime groups is 1. The van der Waals surface area contributed by atoms with E-state index in [2.05, 4.69) is 19.6 Å². The Hall–Kier alpha value is -1.70. The van der Waals surface area contributed by atoms with Crippen molar-refractivity contribution in [2.24, 2.45) is 16.6 Å². The molecule has 0 fully saturated rings. The van der Waals surface area contributed by atoms with Crippen LogP contribution in [0.3, 0.4) is 0 Å². The Morgan fingerprint density at radius 1 is 1.67 bits per heavy atom. The number of hydrogen-bond acceptors (Lipinski definition) is 6. The van der Waals surface area contributed by atoms with Gasteiger partial charge in [-0.1, -0.05) is 14.7 Å². The lowest BCUT2D eigenvalue weighted by Gasteiger charge is -1.92. The highest BCUT2D eigenvalue weighted by atomic mass is 32.1. The minimum atomic E-state index is -0.849.